The molecule has 0 atom stereocenters. The molecule has 1 heterocycles. The van der Waals surface area contributed by atoms with Crippen LogP contribution in [0.15, 0.2) is 52.9 Å². The summed E-state index contributed by atoms with van der Waals surface area (Å²) in [7, 11) is 0. The highest BCUT2D eigenvalue weighted by Gasteiger charge is 2.08. The molecule has 0 bridgehead atoms. The molecule has 3 aromatic rings. The Morgan fingerprint density at radius 2 is 2.05 bits per heavy atom. The van der Waals surface area contributed by atoms with Crippen LogP contribution in [0.25, 0.3) is 11.1 Å². The highest BCUT2D eigenvalue weighted by atomic mass is 16.6. The minimum Gasteiger partial charge on any atom is -0.481 e. The topological polar surface area (TPSA) is 72.6 Å². The highest BCUT2D eigenvalue weighted by Crippen LogP contribution is 2.25. The second-order valence-corrected chi connectivity index (χ2v) is 4.27. The van der Waals surface area contributed by atoms with Gasteiger partial charge in [0.2, 0.25) is 0 Å². The van der Waals surface area contributed by atoms with Crippen LogP contribution >= 0.6 is 0 Å². The fourth-order valence-electron chi connectivity index (χ4n) is 1.89. The number of ether oxygens (including phenoxy) is 1. The third kappa shape index (κ3) is 2.61. The van der Waals surface area contributed by atoms with Crippen LogP contribution in [0.3, 0.4) is 0 Å². The monoisotopic (exact) mass is 269 g/mol. The van der Waals surface area contributed by atoms with Crippen molar-refractivity contribution in [1.82, 2.24) is 4.98 Å². The molecule has 0 aliphatic carbocycles. The lowest BCUT2D eigenvalue weighted by atomic mass is 10.1. The third-order valence-electron chi connectivity index (χ3n) is 2.73. The standard InChI is InChI=1S/C15H11NO4/c17-14(18)9-10-4-3-5-11(8-10)19-15-16-12-6-1-2-7-13(12)20-15/h1-8H,9H2,(H,17,18). The van der Waals surface area contributed by atoms with Gasteiger partial charge in [-0.15, -0.1) is 0 Å². The number of carbonyl (C=O) groups is 1. The van der Waals surface area contributed by atoms with Gasteiger partial charge in [-0.3, -0.25) is 4.79 Å². The number of para-hydroxylation sites is 2. The molecule has 0 aliphatic rings. The Hall–Kier alpha value is -2.82. The number of fused-ring (bicyclic) bond motifs is 1. The van der Waals surface area contributed by atoms with Crippen molar-refractivity contribution < 1.29 is 19.1 Å². The van der Waals surface area contributed by atoms with Crippen molar-refractivity contribution in [3.05, 3.63) is 54.1 Å². The van der Waals surface area contributed by atoms with Gasteiger partial charge in [0.1, 0.15) is 11.3 Å². The van der Waals surface area contributed by atoms with Gasteiger partial charge in [0.05, 0.1) is 6.42 Å². The molecule has 0 saturated heterocycles. The molecule has 1 N–H and O–H groups in total. The van der Waals surface area contributed by atoms with E-state index in [9.17, 15) is 4.79 Å². The summed E-state index contributed by atoms with van der Waals surface area (Å²) in [4.78, 5) is 14.9. The number of aromatic nitrogens is 1. The summed E-state index contributed by atoms with van der Waals surface area (Å²) in [6.07, 6.45) is 0.0868. The van der Waals surface area contributed by atoms with Gasteiger partial charge in [0.25, 0.3) is 0 Å². The Morgan fingerprint density at radius 1 is 1.20 bits per heavy atom. The number of nitrogens with zero attached hydrogens (tertiary/aromatic N) is 1. The Morgan fingerprint density at radius 3 is 2.85 bits per heavy atom. The normalized spacial score (nSPS) is 10.6. The van der Waals surface area contributed by atoms with E-state index in [-0.39, 0.29) is 12.5 Å². The van der Waals surface area contributed by atoms with E-state index >= 15 is 0 Å². The smallest absolute Gasteiger partial charge is 0.400 e. The number of benzene rings is 2. The van der Waals surface area contributed by atoms with Gasteiger partial charge in [-0.1, -0.05) is 24.3 Å². The van der Waals surface area contributed by atoms with Crippen LogP contribution in [-0.4, -0.2) is 16.1 Å². The summed E-state index contributed by atoms with van der Waals surface area (Å²) < 4.78 is 11.0. The fourth-order valence-corrected chi connectivity index (χ4v) is 1.89. The molecule has 0 spiro atoms. The third-order valence-corrected chi connectivity index (χ3v) is 2.73. The van der Waals surface area contributed by atoms with Crippen molar-refractivity contribution in [3.63, 3.8) is 0 Å². The SMILES string of the molecule is O=C(O)Cc1cccc(Oc2nc3ccccc3o2)c1. The lowest BCUT2D eigenvalue weighted by Gasteiger charge is -2.02. The Kier molecular flexibility index (Phi) is 3.09. The van der Waals surface area contributed by atoms with Crippen LogP contribution in [0.5, 0.6) is 11.8 Å². The first-order valence-corrected chi connectivity index (χ1v) is 6.05. The van der Waals surface area contributed by atoms with Crippen LogP contribution < -0.4 is 4.74 Å². The summed E-state index contributed by atoms with van der Waals surface area (Å²) >= 11 is 0. The average Bonchev–Trinajstić information content (AvgIpc) is 2.80. The molecular weight excluding hydrogens is 258 g/mol. The molecule has 0 aliphatic heterocycles. The first-order valence-electron chi connectivity index (χ1n) is 6.05. The molecule has 3 rings (SSSR count). The summed E-state index contributed by atoms with van der Waals surface area (Å²) in [5, 5.41) is 8.77. The molecule has 20 heavy (non-hydrogen) atoms. The van der Waals surface area contributed by atoms with E-state index in [1.54, 1.807) is 30.3 Å². The van der Waals surface area contributed by atoms with Crippen molar-refractivity contribution in [2.45, 2.75) is 6.42 Å². The van der Waals surface area contributed by atoms with Gasteiger partial charge in [0, 0.05) is 0 Å². The zero-order valence-corrected chi connectivity index (χ0v) is 10.4. The van der Waals surface area contributed by atoms with Crippen LogP contribution in [0.1, 0.15) is 5.56 Å². The number of carboxylic acids is 1. The van der Waals surface area contributed by atoms with E-state index in [0.29, 0.717) is 22.4 Å². The van der Waals surface area contributed by atoms with Gasteiger partial charge < -0.3 is 14.3 Å². The molecule has 5 heteroatoms. The van der Waals surface area contributed by atoms with Crippen LogP contribution in [0.4, 0.5) is 0 Å². The summed E-state index contributed by atoms with van der Waals surface area (Å²) in [6, 6.07) is 14.2. The molecular formula is C15H11NO4. The van der Waals surface area contributed by atoms with Gasteiger partial charge in [-0.2, -0.15) is 4.98 Å². The number of hydrogen-bond donors (Lipinski definition) is 1. The minimum atomic E-state index is -0.885. The lowest BCUT2D eigenvalue weighted by Crippen LogP contribution is -1.99. The fraction of sp³-hybridized carbons (Fsp3) is 0.0667. The predicted molar refractivity (Wildman–Crippen MR) is 71.9 cm³/mol. The second-order valence-electron chi connectivity index (χ2n) is 4.27. The van der Waals surface area contributed by atoms with Crippen molar-refractivity contribution in [2.24, 2.45) is 0 Å². The molecule has 0 fully saturated rings. The largest absolute Gasteiger partial charge is 0.481 e. The van der Waals surface area contributed by atoms with Crippen LogP contribution in [-0.2, 0) is 11.2 Å². The number of carboxylic acid groups (broad SMARTS) is 1. The van der Waals surface area contributed by atoms with E-state index < -0.39 is 5.97 Å². The van der Waals surface area contributed by atoms with Crippen molar-refractivity contribution in [1.29, 1.82) is 0 Å². The zero-order chi connectivity index (χ0) is 13.9. The van der Waals surface area contributed by atoms with Gasteiger partial charge in [-0.05, 0) is 29.8 Å². The van der Waals surface area contributed by atoms with Crippen molar-refractivity contribution in [3.8, 4) is 11.8 Å². The lowest BCUT2D eigenvalue weighted by molar-refractivity contribution is -0.136. The quantitative estimate of drug-likeness (QED) is 0.787. The molecule has 0 amide bonds. The van der Waals surface area contributed by atoms with E-state index in [0.717, 1.165) is 0 Å². The molecule has 0 saturated carbocycles. The first kappa shape index (κ1) is 12.2. The number of hydrogen-bond acceptors (Lipinski definition) is 4. The molecule has 0 unspecified atom stereocenters. The average molecular weight is 269 g/mol. The summed E-state index contributed by atoms with van der Waals surface area (Å²) in [5.74, 6) is -0.390. The van der Waals surface area contributed by atoms with E-state index in [1.807, 2.05) is 18.2 Å². The van der Waals surface area contributed by atoms with Crippen molar-refractivity contribution >= 4 is 17.1 Å². The number of oxazole rings is 1. The van der Waals surface area contributed by atoms with Gasteiger partial charge >= 0.3 is 12.0 Å². The minimum absolute atomic E-state index is 0.0508. The number of rotatable bonds is 4. The molecule has 0 radical (unpaired) electrons. The maximum atomic E-state index is 10.7. The molecule has 1 aromatic heterocycles. The predicted octanol–water partition coefficient (Wildman–Crippen LogP) is 3.25. The highest BCUT2D eigenvalue weighted by molar-refractivity contribution is 5.72. The summed E-state index contributed by atoms with van der Waals surface area (Å²) in [6.45, 7) is 0. The van der Waals surface area contributed by atoms with Gasteiger partial charge in [-0.25, -0.2) is 0 Å². The van der Waals surface area contributed by atoms with Crippen LogP contribution in [0.2, 0.25) is 0 Å². The van der Waals surface area contributed by atoms with E-state index in [2.05, 4.69) is 4.98 Å². The zero-order valence-electron chi connectivity index (χ0n) is 10.4. The van der Waals surface area contributed by atoms with E-state index in [4.69, 9.17) is 14.3 Å². The molecule has 100 valence electrons. The second kappa shape index (κ2) is 5.05. The van der Waals surface area contributed by atoms with E-state index in [1.165, 1.54) is 0 Å². The maximum absolute atomic E-state index is 10.7. The molecule has 2 aromatic carbocycles. The summed E-state index contributed by atoms with van der Waals surface area (Å²) in [5.41, 5.74) is 2.01. The number of aliphatic carboxylic acids is 1. The van der Waals surface area contributed by atoms with Crippen LogP contribution in [0, 0.1) is 0 Å². The Bertz CT molecular complexity index is 730. The van der Waals surface area contributed by atoms with Crippen molar-refractivity contribution in [2.75, 3.05) is 0 Å². The first-order chi connectivity index (χ1) is 9.70. The Balaban J connectivity index is 1.85. The molecule has 5 nitrogen and oxygen atoms in total. The Labute approximate surface area is 114 Å². The maximum Gasteiger partial charge on any atom is 0.400 e. The van der Waals surface area contributed by atoms with Gasteiger partial charge in [0.15, 0.2) is 5.58 Å².